The molecule has 1 aromatic heterocycles. The normalized spacial score (nSPS) is 10.5. The number of anilines is 1. The molecule has 1 heterocycles. The number of hydrogen-bond donors (Lipinski definition) is 2. The number of amides is 1. The van der Waals surface area contributed by atoms with Gasteiger partial charge in [-0.2, -0.15) is 0 Å². The van der Waals surface area contributed by atoms with E-state index >= 15 is 0 Å². The molecule has 8 nitrogen and oxygen atoms in total. The average molecular weight is 353 g/mol. The summed E-state index contributed by atoms with van der Waals surface area (Å²) in [6.07, 6.45) is 1.18. The number of aromatic nitrogens is 2. The lowest BCUT2D eigenvalue weighted by molar-refractivity contribution is -0.147. The standard InChI is InChI=1S/C18H15N3O5/c22-15-8-9-21(18(25)20-15)10-17(24)26-11-16(23)19-14-7-3-5-12-4-1-2-6-13(12)14/h1-9H,10-11H2,(H,19,23)(H,20,22,25). The van der Waals surface area contributed by atoms with Crippen LogP contribution in [-0.2, 0) is 20.9 Å². The van der Waals surface area contributed by atoms with Crippen LogP contribution in [0.5, 0.6) is 0 Å². The topological polar surface area (TPSA) is 110 Å². The van der Waals surface area contributed by atoms with Crippen LogP contribution in [0.25, 0.3) is 10.8 Å². The van der Waals surface area contributed by atoms with Gasteiger partial charge < -0.3 is 10.1 Å². The van der Waals surface area contributed by atoms with Gasteiger partial charge in [0.2, 0.25) is 0 Å². The third-order valence-corrected chi connectivity index (χ3v) is 3.62. The Bertz CT molecular complexity index is 1080. The molecule has 0 unspecified atom stereocenters. The minimum atomic E-state index is -0.771. The van der Waals surface area contributed by atoms with Crippen LogP contribution in [0, 0.1) is 0 Å². The van der Waals surface area contributed by atoms with E-state index < -0.39 is 36.3 Å². The van der Waals surface area contributed by atoms with Crippen molar-refractivity contribution < 1.29 is 14.3 Å². The van der Waals surface area contributed by atoms with E-state index in [1.165, 1.54) is 6.20 Å². The van der Waals surface area contributed by atoms with Gasteiger partial charge in [-0.05, 0) is 11.5 Å². The number of nitrogens with zero attached hydrogens (tertiary/aromatic N) is 1. The number of ether oxygens (including phenoxy) is 1. The molecule has 132 valence electrons. The summed E-state index contributed by atoms with van der Waals surface area (Å²) in [6, 6.07) is 14.2. The number of fused-ring (bicyclic) bond motifs is 1. The number of carbonyl (C=O) groups excluding carboxylic acids is 2. The van der Waals surface area contributed by atoms with Crippen molar-refractivity contribution >= 4 is 28.3 Å². The summed E-state index contributed by atoms with van der Waals surface area (Å²) in [7, 11) is 0. The number of aromatic amines is 1. The van der Waals surface area contributed by atoms with Gasteiger partial charge in [-0.15, -0.1) is 0 Å². The molecule has 0 spiro atoms. The summed E-state index contributed by atoms with van der Waals surface area (Å²) in [6.45, 7) is -0.892. The van der Waals surface area contributed by atoms with Gasteiger partial charge in [0.1, 0.15) is 6.54 Å². The van der Waals surface area contributed by atoms with Gasteiger partial charge in [-0.1, -0.05) is 36.4 Å². The first kappa shape index (κ1) is 17.2. The molecule has 0 radical (unpaired) electrons. The lowest BCUT2D eigenvalue weighted by Crippen LogP contribution is -2.32. The van der Waals surface area contributed by atoms with E-state index in [1.54, 1.807) is 6.07 Å². The predicted molar refractivity (Wildman–Crippen MR) is 94.9 cm³/mol. The van der Waals surface area contributed by atoms with Crippen LogP contribution < -0.4 is 16.6 Å². The van der Waals surface area contributed by atoms with Crippen molar-refractivity contribution in [1.29, 1.82) is 0 Å². The van der Waals surface area contributed by atoms with Crippen molar-refractivity contribution in [3.8, 4) is 0 Å². The summed E-state index contributed by atoms with van der Waals surface area (Å²) in [5.41, 5.74) is -0.676. The number of benzene rings is 2. The highest BCUT2D eigenvalue weighted by Crippen LogP contribution is 2.22. The van der Waals surface area contributed by atoms with Gasteiger partial charge >= 0.3 is 11.7 Å². The highest BCUT2D eigenvalue weighted by atomic mass is 16.5. The summed E-state index contributed by atoms with van der Waals surface area (Å²) >= 11 is 0. The van der Waals surface area contributed by atoms with Gasteiger partial charge in [0.15, 0.2) is 6.61 Å². The fourth-order valence-electron chi connectivity index (χ4n) is 2.42. The van der Waals surface area contributed by atoms with E-state index in [-0.39, 0.29) is 0 Å². The number of carbonyl (C=O) groups is 2. The highest BCUT2D eigenvalue weighted by Gasteiger charge is 2.11. The van der Waals surface area contributed by atoms with Crippen LogP contribution in [-0.4, -0.2) is 28.0 Å². The fourth-order valence-corrected chi connectivity index (χ4v) is 2.42. The van der Waals surface area contributed by atoms with Crippen LogP contribution in [0.3, 0.4) is 0 Å². The molecule has 0 aliphatic carbocycles. The lowest BCUT2D eigenvalue weighted by atomic mass is 10.1. The van der Waals surface area contributed by atoms with Gasteiger partial charge in [0, 0.05) is 23.3 Å². The molecule has 8 heteroatoms. The molecule has 0 saturated carbocycles. The molecule has 3 rings (SSSR count). The molecule has 0 bridgehead atoms. The molecule has 2 N–H and O–H groups in total. The van der Waals surface area contributed by atoms with Gasteiger partial charge in [0.25, 0.3) is 11.5 Å². The molecule has 2 aromatic carbocycles. The molecule has 0 aliphatic heterocycles. The Morgan fingerprint density at radius 3 is 2.62 bits per heavy atom. The number of rotatable bonds is 5. The second-order valence-electron chi connectivity index (χ2n) is 5.47. The maximum absolute atomic E-state index is 12.0. The van der Waals surface area contributed by atoms with Gasteiger partial charge in [0.05, 0.1) is 0 Å². The van der Waals surface area contributed by atoms with E-state index in [9.17, 15) is 19.2 Å². The van der Waals surface area contributed by atoms with E-state index in [1.807, 2.05) is 41.4 Å². The lowest BCUT2D eigenvalue weighted by Gasteiger charge is -2.09. The van der Waals surface area contributed by atoms with Crippen LogP contribution in [0.4, 0.5) is 5.69 Å². The van der Waals surface area contributed by atoms with Crippen molar-refractivity contribution in [1.82, 2.24) is 9.55 Å². The molecule has 3 aromatic rings. The van der Waals surface area contributed by atoms with Gasteiger partial charge in [-0.3, -0.25) is 23.9 Å². The zero-order chi connectivity index (χ0) is 18.5. The van der Waals surface area contributed by atoms with Crippen molar-refractivity contribution in [2.45, 2.75) is 6.54 Å². The molecule has 0 saturated heterocycles. The van der Waals surface area contributed by atoms with Crippen molar-refractivity contribution in [2.24, 2.45) is 0 Å². The van der Waals surface area contributed by atoms with Crippen LogP contribution in [0.15, 0.2) is 64.3 Å². The first-order valence-corrected chi connectivity index (χ1v) is 7.76. The van der Waals surface area contributed by atoms with Crippen molar-refractivity contribution in [3.63, 3.8) is 0 Å². The Hall–Kier alpha value is -3.68. The van der Waals surface area contributed by atoms with Crippen LogP contribution in [0.2, 0.25) is 0 Å². The third kappa shape index (κ3) is 4.04. The largest absolute Gasteiger partial charge is 0.454 e. The zero-order valence-corrected chi connectivity index (χ0v) is 13.6. The average Bonchev–Trinajstić information content (AvgIpc) is 2.63. The number of esters is 1. The summed E-state index contributed by atoms with van der Waals surface area (Å²) in [5, 5.41) is 4.53. The monoisotopic (exact) mass is 353 g/mol. The number of H-pyrrole nitrogens is 1. The Kier molecular flexibility index (Phi) is 4.93. The second-order valence-corrected chi connectivity index (χ2v) is 5.47. The third-order valence-electron chi connectivity index (χ3n) is 3.62. The zero-order valence-electron chi connectivity index (χ0n) is 13.6. The number of nitrogens with one attached hydrogen (secondary N) is 2. The quantitative estimate of drug-likeness (QED) is 0.662. The van der Waals surface area contributed by atoms with E-state index in [2.05, 4.69) is 5.32 Å². The molecule has 1 amide bonds. The summed E-state index contributed by atoms with van der Waals surface area (Å²) < 4.78 is 5.85. The Balaban J connectivity index is 1.59. The first-order chi connectivity index (χ1) is 12.5. The van der Waals surface area contributed by atoms with E-state index in [0.717, 1.165) is 21.4 Å². The maximum Gasteiger partial charge on any atom is 0.328 e. The highest BCUT2D eigenvalue weighted by molar-refractivity contribution is 6.02. The smallest absolute Gasteiger partial charge is 0.328 e. The van der Waals surface area contributed by atoms with E-state index in [4.69, 9.17) is 4.74 Å². The number of hydrogen-bond acceptors (Lipinski definition) is 5. The summed E-state index contributed by atoms with van der Waals surface area (Å²) in [4.78, 5) is 48.3. The molecule has 0 fully saturated rings. The van der Waals surface area contributed by atoms with Crippen LogP contribution in [0.1, 0.15) is 0 Å². The van der Waals surface area contributed by atoms with Crippen molar-refractivity contribution in [3.05, 3.63) is 75.6 Å². The minimum Gasteiger partial charge on any atom is -0.454 e. The SMILES string of the molecule is O=C(COC(=O)Cn1ccc(=O)[nH]c1=O)Nc1cccc2ccccc12. The Morgan fingerprint density at radius 2 is 1.81 bits per heavy atom. The second kappa shape index (κ2) is 7.47. The molecular weight excluding hydrogens is 338 g/mol. The summed E-state index contributed by atoms with van der Waals surface area (Å²) in [5.74, 6) is -1.27. The molecule has 0 atom stereocenters. The Labute approximate surface area is 147 Å². The maximum atomic E-state index is 12.0. The van der Waals surface area contributed by atoms with Crippen LogP contribution >= 0.6 is 0 Å². The first-order valence-electron chi connectivity index (χ1n) is 7.76. The molecular formula is C18H15N3O5. The molecule has 0 aliphatic rings. The molecule has 26 heavy (non-hydrogen) atoms. The van der Waals surface area contributed by atoms with Gasteiger partial charge in [-0.25, -0.2) is 4.79 Å². The fraction of sp³-hybridized carbons (Fsp3) is 0.111. The Morgan fingerprint density at radius 1 is 1.04 bits per heavy atom. The predicted octanol–water partition coefficient (Wildman–Crippen LogP) is 0.872. The van der Waals surface area contributed by atoms with Crippen molar-refractivity contribution in [2.75, 3.05) is 11.9 Å². The van der Waals surface area contributed by atoms with E-state index in [0.29, 0.717) is 5.69 Å². The minimum absolute atomic E-state index is 0.406.